The second-order valence-corrected chi connectivity index (χ2v) is 6.24. The van der Waals surface area contributed by atoms with Crippen molar-refractivity contribution in [3.05, 3.63) is 32.3 Å². The molecule has 2 fully saturated rings. The van der Waals surface area contributed by atoms with Crippen LogP contribution in [0.5, 0.6) is 0 Å². The minimum absolute atomic E-state index is 0.0850. The van der Waals surface area contributed by atoms with Crippen LogP contribution in [0.4, 0.5) is 4.39 Å². The van der Waals surface area contributed by atoms with E-state index in [1.807, 2.05) is 0 Å². The Labute approximate surface area is 125 Å². The summed E-state index contributed by atoms with van der Waals surface area (Å²) in [6, 6.07) is 0. The van der Waals surface area contributed by atoms with Crippen molar-refractivity contribution in [1.29, 1.82) is 0 Å². The molecule has 0 aromatic carbocycles. The fourth-order valence-electron chi connectivity index (χ4n) is 2.45. The first-order valence-corrected chi connectivity index (χ1v) is 7.73. The van der Waals surface area contributed by atoms with Crippen LogP contribution in [0.2, 0.25) is 0 Å². The second kappa shape index (κ2) is 5.44. The van der Waals surface area contributed by atoms with Crippen molar-refractivity contribution in [2.24, 2.45) is 0 Å². The third-order valence-corrected chi connectivity index (χ3v) is 4.44. The van der Waals surface area contributed by atoms with E-state index < -0.39 is 61.7 Å². The van der Waals surface area contributed by atoms with Gasteiger partial charge in [0.15, 0.2) is 12.5 Å². The Morgan fingerprint density at radius 3 is 2.78 bits per heavy atom. The number of carbonyl (C=O) groups is 1. The Morgan fingerprint density at radius 2 is 2.13 bits per heavy atom. The fraction of sp³-hybridized carbons (Fsp3) is 0.500. The Balaban J connectivity index is 2.06. The Kier molecular flexibility index (Phi) is 3.83. The number of halogens is 1. The smallest absolute Gasteiger partial charge is 0.386 e. The summed E-state index contributed by atoms with van der Waals surface area (Å²) in [5, 5.41) is 10.1. The van der Waals surface area contributed by atoms with Crippen LogP contribution in [0.15, 0.2) is 9.59 Å². The number of hydrogen-bond acceptors (Lipinski definition) is 8. The first-order chi connectivity index (χ1) is 10.7. The molecule has 13 heteroatoms. The van der Waals surface area contributed by atoms with Crippen molar-refractivity contribution >= 4 is 14.1 Å². The Bertz CT molecular complexity index is 820. The van der Waals surface area contributed by atoms with Gasteiger partial charge in [-0.05, 0) is 0 Å². The van der Waals surface area contributed by atoms with Crippen molar-refractivity contribution in [2.75, 3.05) is 6.61 Å². The van der Waals surface area contributed by atoms with Crippen LogP contribution >= 0.6 is 7.82 Å². The zero-order chi connectivity index (χ0) is 16.9. The molecular weight excluding hydrogens is 342 g/mol. The lowest BCUT2D eigenvalue weighted by atomic mass is 10.1. The molecule has 2 aliphatic heterocycles. The van der Waals surface area contributed by atoms with E-state index in [2.05, 4.69) is 9.05 Å². The summed E-state index contributed by atoms with van der Waals surface area (Å²) in [6.07, 6.45) is -5.77. The maximum absolute atomic E-state index is 13.7. The summed E-state index contributed by atoms with van der Waals surface area (Å²) < 4.78 is 39.9. The summed E-state index contributed by atoms with van der Waals surface area (Å²) in [5.74, 6) is -1.53. The van der Waals surface area contributed by atoms with E-state index in [0.717, 1.165) is 0 Å². The van der Waals surface area contributed by atoms with E-state index in [-0.39, 0.29) is 6.29 Å². The summed E-state index contributed by atoms with van der Waals surface area (Å²) in [5.41, 5.74) is -3.54. The molecule has 11 nitrogen and oxygen atoms in total. The molecule has 1 aromatic heterocycles. The largest absolute Gasteiger partial charge is 0.472 e. The average Bonchev–Trinajstić information content (AvgIpc) is 2.78. The number of aliphatic hydroxyl groups is 1. The lowest BCUT2D eigenvalue weighted by molar-refractivity contribution is -0.0690. The van der Waals surface area contributed by atoms with Gasteiger partial charge in [0.05, 0.1) is 6.61 Å². The Hall–Kier alpha value is -1.69. The topological polar surface area (TPSA) is 157 Å². The van der Waals surface area contributed by atoms with Gasteiger partial charge in [-0.25, -0.2) is 9.36 Å². The number of aromatic amines is 1. The van der Waals surface area contributed by atoms with E-state index >= 15 is 0 Å². The van der Waals surface area contributed by atoms with Gasteiger partial charge in [0, 0.05) is 0 Å². The lowest BCUT2D eigenvalue weighted by Gasteiger charge is -2.27. The van der Waals surface area contributed by atoms with Gasteiger partial charge in [-0.1, -0.05) is 0 Å². The maximum Gasteiger partial charge on any atom is 0.472 e. The molecule has 2 aliphatic rings. The van der Waals surface area contributed by atoms with Crippen LogP contribution in [0.1, 0.15) is 16.7 Å². The van der Waals surface area contributed by atoms with Crippen molar-refractivity contribution in [3.63, 3.8) is 0 Å². The van der Waals surface area contributed by atoms with Gasteiger partial charge in [-0.2, -0.15) is 4.39 Å². The minimum atomic E-state index is -4.39. The third-order valence-electron chi connectivity index (χ3n) is 3.46. The first-order valence-electron chi connectivity index (χ1n) is 6.24. The number of ether oxygens (including phenoxy) is 1. The zero-order valence-electron chi connectivity index (χ0n) is 11.1. The van der Waals surface area contributed by atoms with E-state index in [9.17, 15) is 33.3 Å². The van der Waals surface area contributed by atoms with Crippen LogP contribution < -0.4 is 11.2 Å². The number of carbonyl (C=O) groups excluding carboxylic acids is 1. The van der Waals surface area contributed by atoms with Crippen LogP contribution in [0.3, 0.4) is 0 Å². The molecule has 0 bridgehead atoms. The number of fused-ring (bicyclic) bond motifs is 1. The number of nitrogens with zero attached hydrogens (tertiary/aromatic N) is 1. The second-order valence-electron chi connectivity index (χ2n) is 4.84. The molecule has 0 spiro atoms. The van der Waals surface area contributed by atoms with Crippen LogP contribution in [-0.2, 0) is 18.3 Å². The summed E-state index contributed by atoms with van der Waals surface area (Å²) in [7, 11) is -4.39. The predicted molar refractivity (Wildman–Crippen MR) is 67.2 cm³/mol. The van der Waals surface area contributed by atoms with Crippen molar-refractivity contribution in [2.45, 2.75) is 24.5 Å². The Morgan fingerprint density at radius 1 is 1.43 bits per heavy atom. The molecule has 1 unspecified atom stereocenters. The average molecular weight is 352 g/mol. The predicted octanol–water partition coefficient (Wildman–Crippen LogP) is -1.74. The number of phosphoric ester groups is 1. The van der Waals surface area contributed by atoms with Crippen LogP contribution in [0.25, 0.3) is 0 Å². The number of hydrogen-bond donors (Lipinski definition) is 3. The van der Waals surface area contributed by atoms with E-state index in [0.29, 0.717) is 4.57 Å². The highest BCUT2D eigenvalue weighted by atomic mass is 31.2. The molecule has 0 amide bonds. The fourth-order valence-corrected chi connectivity index (χ4v) is 3.42. The monoisotopic (exact) mass is 352 g/mol. The minimum Gasteiger partial charge on any atom is -0.386 e. The van der Waals surface area contributed by atoms with E-state index in [4.69, 9.17) is 4.74 Å². The molecule has 0 radical (unpaired) electrons. The first kappa shape index (κ1) is 16.2. The SMILES string of the molecule is O=Cc1c(F)c(=O)[nH]c(=O)n1[C@@H]1O[C@@H]2COP(=O)(O)O[C@H]2[C@H]1O. The van der Waals surface area contributed by atoms with Crippen molar-refractivity contribution in [1.82, 2.24) is 9.55 Å². The number of nitrogens with one attached hydrogen (secondary N) is 1. The van der Waals surface area contributed by atoms with E-state index in [1.54, 1.807) is 4.98 Å². The molecule has 5 atom stereocenters. The normalized spacial score (nSPS) is 36.7. The quantitative estimate of drug-likeness (QED) is 0.415. The number of rotatable bonds is 2. The van der Waals surface area contributed by atoms with Gasteiger partial charge >= 0.3 is 13.5 Å². The summed E-state index contributed by atoms with van der Waals surface area (Å²) in [6.45, 7) is -0.428. The molecule has 23 heavy (non-hydrogen) atoms. The molecule has 126 valence electrons. The molecule has 3 heterocycles. The number of aliphatic hydroxyl groups excluding tert-OH is 1. The van der Waals surface area contributed by atoms with Gasteiger partial charge in [0.1, 0.15) is 24.0 Å². The van der Waals surface area contributed by atoms with Gasteiger partial charge in [-0.3, -0.25) is 28.2 Å². The molecule has 3 rings (SSSR count). The number of phosphoric acid groups is 1. The van der Waals surface area contributed by atoms with Gasteiger partial charge < -0.3 is 14.7 Å². The third kappa shape index (κ3) is 2.59. The number of H-pyrrole nitrogens is 1. The maximum atomic E-state index is 13.7. The standard InChI is InChI=1S/C10H10FN2O9P/c11-5-3(1-14)13(10(17)12-8(5)16)9-6(15)7-4(21-9)2-20-23(18,19)22-7/h1,4,6-7,9,15H,2H2,(H,18,19)(H,12,16,17)/t4-,6-,7-,9-/m1/s1. The molecule has 2 saturated heterocycles. The van der Waals surface area contributed by atoms with Crippen molar-refractivity contribution in [3.8, 4) is 0 Å². The van der Waals surface area contributed by atoms with Crippen LogP contribution in [-0.4, -0.2) is 50.8 Å². The van der Waals surface area contributed by atoms with Gasteiger partial charge in [0.2, 0.25) is 5.82 Å². The van der Waals surface area contributed by atoms with Gasteiger partial charge in [0.25, 0.3) is 5.56 Å². The molecule has 0 saturated carbocycles. The number of aromatic nitrogens is 2. The van der Waals surface area contributed by atoms with Crippen LogP contribution in [0, 0.1) is 5.82 Å². The molecular formula is C10H10FN2O9P. The summed E-state index contributed by atoms with van der Waals surface area (Å²) >= 11 is 0. The highest BCUT2D eigenvalue weighted by Crippen LogP contribution is 2.52. The van der Waals surface area contributed by atoms with Gasteiger partial charge in [-0.15, -0.1) is 0 Å². The summed E-state index contributed by atoms with van der Waals surface area (Å²) in [4.78, 5) is 44.9. The molecule has 3 N–H and O–H groups in total. The molecule has 1 aromatic rings. The highest BCUT2D eigenvalue weighted by molar-refractivity contribution is 7.47. The lowest BCUT2D eigenvalue weighted by Crippen LogP contribution is -2.42. The number of aldehydes is 1. The van der Waals surface area contributed by atoms with Crippen molar-refractivity contribution < 1.29 is 37.5 Å². The zero-order valence-corrected chi connectivity index (χ0v) is 12.0. The van der Waals surface area contributed by atoms with E-state index in [1.165, 1.54) is 0 Å². The highest BCUT2D eigenvalue weighted by Gasteiger charge is 2.53. The molecule has 0 aliphatic carbocycles.